The summed E-state index contributed by atoms with van der Waals surface area (Å²) in [6.45, 7) is 2.50. The van der Waals surface area contributed by atoms with E-state index in [9.17, 15) is 0 Å². The average molecular weight is 265 g/mol. The molecule has 96 valence electrons. The molecule has 0 N–H and O–H groups in total. The predicted molar refractivity (Wildman–Crippen MR) is 71.5 cm³/mol. The quantitative estimate of drug-likeness (QED) is 0.842. The first-order chi connectivity index (χ1) is 8.70. The third-order valence-corrected chi connectivity index (χ3v) is 3.77. The molecule has 0 bridgehead atoms. The first-order valence-electron chi connectivity index (χ1n) is 6.17. The maximum absolute atomic E-state index is 8.81. The van der Waals surface area contributed by atoms with Gasteiger partial charge in [0.05, 0.1) is 11.6 Å². The molecule has 0 aliphatic carbocycles. The van der Waals surface area contributed by atoms with Crippen molar-refractivity contribution >= 4 is 11.6 Å². The highest BCUT2D eigenvalue weighted by Gasteiger charge is 2.19. The lowest BCUT2D eigenvalue weighted by Gasteiger charge is -2.31. The van der Waals surface area contributed by atoms with Crippen molar-refractivity contribution in [3.8, 4) is 6.07 Å². The smallest absolute Gasteiger partial charge is 0.0992 e. The van der Waals surface area contributed by atoms with Crippen molar-refractivity contribution in [3.05, 3.63) is 34.3 Å². The Bertz CT molecular complexity index is 450. The summed E-state index contributed by atoms with van der Waals surface area (Å²) in [6, 6.07) is 8.15. The maximum Gasteiger partial charge on any atom is 0.0992 e. The molecule has 0 saturated carbocycles. The summed E-state index contributed by atoms with van der Waals surface area (Å²) in [4.78, 5) is 2.32. The Morgan fingerprint density at radius 3 is 2.78 bits per heavy atom. The highest BCUT2D eigenvalue weighted by atomic mass is 35.5. The SMILES string of the molecule is CN(Cc1ccc(C#N)cc1Cl)C1CCOCC1. The first-order valence-corrected chi connectivity index (χ1v) is 6.55. The Balaban J connectivity index is 2.02. The number of nitrogens with zero attached hydrogens (tertiary/aromatic N) is 2. The Morgan fingerprint density at radius 2 is 2.17 bits per heavy atom. The molecule has 1 aromatic carbocycles. The molecule has 18 heavy (non-hydrogen) atoms. The number of hydrogen-bond acceptors (Lipinski definition) is 3. The first kappa shape index (κ1) is 13.4. The van der Waals surface area contributed by atoms with Crippen molar-refractivity contribution in [3.63, 3.8) is 0 Å². The molecule has 1 fully saturated rings. The topological polar surface area (TPSA) is 36.3 Å². The lowest BCUT2D eigenvalue weighted by atomic mass is 10.1. The highest BCUT2D eigenvalue weighted by Crippen LogP contribution is 2.21. The van der Waals surface area contributed by atoms with Gasteiger partial charge in [-0.25, -0.2) is 0 Å². The zero-order valence-electron chi connectivity index (χ0n) is 10.5. The van der Waals surface area contributed by atoms with Crippen LogP contribution in [0.15, 0.2) is 18.2 Å². The van der Waals surface area contributed by atoms with Gasteiger partial charge in [0.25, 0.3) is 0 Å². The van der Waals surface area contributed by atoms with Crippen LogP contribution in [0.2, 0.25) is 5.02 Å². The summed E-state index contributed by atoms with van der Waals surface area (Å²) >= 11 is 6.19. The summed E-state index contributed by atoms with van der Waals surface area (Å²) in [7, 11) is 2.12. The molecule has 3 nitrogen and oxygen atoms in total. The highest BCUT2D eigenvalue weighted by molar-refractivity contribution is 6.31. The van der Waals surface area contributed by atoms with Crippen molar-refractivity contribution in [2.75, 3.05) is 20.3 Å². The van der Waals surface area contributed by atoms with E-state index >= 15 is 0 Å². The molecule has 0 amide bonds. The lowest BCUT2D eigenvalue weighted by Crippen LogP contribution is -2.36. The monoisotopic (exact) mass is 264 g/mol. The van der Waals surface area contributed by atoms with Gasteiger partial charge in [0.15, 0.2) is 0 Å². The molecule has 0 radical (unpaired) electrons. The maximum atomic E-state index is 8.81. The fraction of sp³-hybridized carbons (Fsp3) is 0.500. The third kappa shape index (κ3) is 3.23. The van der Waals surface area contributed by atoms with Crippen LogP contribution in [0.4, 0.5) is 0 Å². The van der Waals surface area contributed by atoms with E-state index in [-0.39, 0.29) is 0 Å². The molecule has 0 unspecified atom stereocenters. The Hall–Kier alpha value is -1.08. The predicted octanol–water partition coefficient (Wildman–Crippen LogP) is 2.82. The molecule has 1 aliphatic heterocycles. The van der Waals surface area contributed by atoms with Gasteiger partial charge in [-0.05, 0) is 37.6 Å². The number of nitriles is 1. The third-order valence-electron chi connectivity index (χ3n) is 3.42. The number of rotatable bonds is 3. The van der Waals surface area contributed by atoms with Crippen LogP contribution in [0.25, 0.3) is 0 Å². The van der Waals surface area contributed by atoms with Crippen LogP contribution in [0, 0.1) is 11.3 Å². The number of ether oxygens (including phenoxy) is 1. The van der Waals surface area contributed by atoms with Crippen LogP contribution in [0.3, 0.4) is 0 Å². The van der Waals surface area contributed by atoms with Crippen LogP contribution in [-0.2, 0) is 11.3 Å². The average Bonchev–Trinajstić information content (AvgIpc) is 2.42. The van der Waals surface area contributed by atoms with Crippen LogP contribution >= 0.6 is 11.6 Å². The minimum absolute atomic E-state index is 0.561. The molecule has 0 aromatic heterocycles. The van der Waals surface area contributed by atoms with E-state index in [1.54, 1.807) is 6.07 Å². The van der Waals surface area contributed by atoms with E-state index in [1.165, 1.54) is 0 Å². The van der Waals surface area contributed by atoms with E-state index < -0.39 is 0 Å². The van der Waals surface area contributed by atoms with E-state index in [4.69, 9.17) is 21.6 Å². The summed E-state index contributed by atoms with van der Waals surface area (Å²) < 4.78 is 5.37. The van der Waals surface area contributed by atoms with Crippen molar-refractivity contribution < 1.29 is 4.74 Å². The van der Waals surface area contributed by atoms with Gasteiger partial charge < -0.3 is 4.74 Å². The van der Waals surface area contributed by atoms with Gasteiger partial charge in [-0.15, -0.1) is 0 Å². The Morgan fingerprint density at radius 1 is 1.44 bits per heavy atom. The molecule has 1 aliphatic rings. The standard InChI is InChI=1S/C14H17ClN2O/c1-17(13-4-6-18-7-5-13)10-12-3-2-11(9-16)8-14(12)15/h2-3,8,13H,4-7,10H2,1H3. The van der Waals surface area contributed by atoms with Crippen LogP contribution in [0.1, 0.15) is 24.0 Å². The van der Waals surface area contributed by atoms with Gasteiger partial charge >= 0.3 is 0 Å². The molecule has 0 spiro atoms. The fourth-order valence-corrected chi connectivity index (χ4v) is 2.51. The molecule has 4 heteroatoms. The molecule has 1 heterocycles. The second-order valence-electron chi connectivity index (χ2n) is 4.68. The molecule has 1 aromatic rings. The normalized spacial score (nSPS) is 16.8. The van der Waals surface area contributed by atoms with Crippen LogP contribution in [0.5, 0.6) is 0 Å². The number of halogens is 1. The second kappa shape index (κ2) is 6.19. The lowest BCUT2D eigenvalue weighted by molar-refractivity contribution is 0.0407. The van der Waals surface area contributed by atoms with Gasteiger partial charge in [-0.1, -0.05) is 17.7 Å². The van der Waals surface area contributed by atoms with Crippen molar-refractivity contribution in [2.24, 2.45) is 0 Å². The van der Waals surface area contributed by atoms with Gasteiger partial charge in [0.1, 0.15) is 0 Å². The van der Waals surface area contributed by atoms with Crippen LogP contribution < -0.4 is 0 Å². The molecular formula is C14H17ClN2O. The van der Waals surface area contributed by atoms with E-state index in [0.717, 1.165) is 38.2 Å². The second-order valence-corrected chi connectivity index (χ2v) is 5.08. The summed E-state index contributed by atoms with van der Waals surface area (Å²) in [5.41, 5.74) is 1.68. The van der Waals surface area contributed by atoms with E-state index in [1.807, 2.05) is 12.1 Å². The van der Waals surface area contributed by atoms with Crippen molar-refractivity contribution in [2.45, 2.75) is 25.4 Å². The molecular weight excluding hydrogens is 248 g/mol. The minimum atomic E-state index is 0.561. The molecule has 1 saturated heterocycles. The van der Waals surface area contributed by atoms with Gasteiger partial charge in [-0.2, -0.15) is 5.26 Å². The summed E-state index contributed by atoms with van der Waals surface area (Å²) in [5, 5.41) is 9.48. The zero-order chi connectivity index (χ0) is 13.0. The van der Waals surface area contributed by atoms with Gasteiger partial charge in [0, 0.05) is 30.8 Å². The number of hydrogen-bond donors (Lipinski definition) is 0. The molecule has 2 rings (SSSR count). The number of benzene rings is 1. The van der Waals surface area contributed by atoms with Gasteiger partial charge in [0.2, 0.25) is 0 Å². The zero-order valence-corrected chi connectivity index (χ0v) is 11.3. The van der Waals surface area contributed by atoms with Crippen molar-refractivity contribution in [1.82, 2.24) is 4.90 Å². The van der Waals surface area contributed by atoms with E-state index in [0.29, 0.717) is 16.6 Å². The largest absolute Gasteiger partial charge is 0.381 e. The van der Waals surface area contributed by atoms with Crippen molar-refractivity contribution in [1.29, 1.82) is 5.26 Å². The Labute approximate surface area is 113 Å². The van der Waals surface area contributed by atoms with Crippen LogP contribution in [-0.4, -0.2) is 31.2 Å². The summed E-state index contributed by atoms with van der Waals surface area (Å²) in [5.74, 6) is 0. The minimum Gasteiger partial charge on any atom is -0.381 e. The summed E-state index contributed by atoms with van der Waals surface area (Å²) in [6.07, 6.45) is 2.15. The fourth-order valence-electron chi connectivity index (χ4n) is 2.27. The Kier molecular flexibility index (Phi) is 4.60. The van der Waals surface area contributed by atoms with Gasteiger partial charge in [-0.3, -0.25) is 4.90 Å². The molecule has 0 atom stereocenters. The van der Waals surface area contributed by atoms with E-state index in [2.05, 4.69) is 18.0 Å².